The third-order valence-electron chi connectivity index (χ3n) is 19.3. The molecule has 4 aromatic carbocycles. The molecular formula is C82H107ClN16O15. The molecule has 3 heterocycles. The second-order valence-electron chi connectivity index (χ2n) is 29.2. The lowest BCUT2D eigenvalue weighted by Gasteiger charge is -2.33. The number of pyridine rings is 2. The number of aromatic nitrogens is 2. The van der Waals surface area contributed by atoms with Crippen LogP contribution in [0.3, 0.4) is 0 Å². The summed E-state index contributed by atoms with van der Waals surface area (Å²) < 4.78 is 0. The summed E-state index contributed by atoms with van der Waals surface area (Å²) >= 11 is 6.27. The first-order chi connectivity index (χ1) is 54.5. The first-order valence-corrected chi connectivity index (χ1v) is 38.8. The van der Waals surface area contributed by atoms with E-state index in [0.29, 0.717) is 53.1 Å². The lowest BCUT2D eigenvalue weighted by molar-refractivity contribution is -0.144. The fourth-order valence-corrected chi connectivity index (χ4v) is 13.2. The second-order valence-corrected chi connectivity index (χ2v) is 29.7. The van der Waals surface area contributed by atoms with Gasteiger partial charge >= 0.3 is 0 Å². The number of benzene rings is 4. The largest absolute Gasteiger partial charge is 0.508 e. The Bertz CT molecular complexity index is 4260. The molecule has 10 atom stereocenters. The molecule has 15 N–H and O–H groups in total. The SMILES string of the molecule is CC(=O)NC(Cc1ccc2ccccc2c1)C(=O)NC(Cc1ccc(Cl)cc1)C(=O)NC(Cc1cccnc1)C(=O)NC(CO)C(=O)N(C)C(Cc1ccc(O)cc1)C(=O)NC(CCCCNC(=O)CNC(=O)c1cccnc1)C(=O)NC(CC(C)C)C(=O)NC(CCCCNC(C)C)C(=O)N1CCCC1C(=O)NC(C)C(N)=O. The Morgan fingerprint density at radius 2 is 1.11 bits per heavy atom. The highest BCUT2D eigenvalue weighted by atomic mass is 35.5. The van der Waals surface area contributed by atoms with Crippen molar-refractivity contribution < 1.29 is 72.5 Å². The van der Waals surface area contributed by atoms with E-state index in [0.717, 1.165) is 15.7 Å². The molecule has 13 amide bonds. The van der Waals surface area contributed by atoms with Gasteiger partial charge in [-0.1, -0.05) is 112 Å². The van der Waals surface area contributed by atoms with Gasteiger partial charge in [-0.25, -0.2) is 0 Å². The summed E-state index contributed by atoms with van der Waals surface area (Å²) in [6.45, 7) is 9.58. The van der Waals surface area contributed by atoms with Crippen molar-refractivity contribution >= 4 is 99.2 Å². The molecule has 114 heavy (non-hydrogen) atoms. The molecule has 612 valence electrons. The molecule has 1 aliphatic heterocycles. The number of carbonyl (C=O) groups is 13. The van der Waals surface area contributed by atoms with Crippen molar-refractivity contribution in [1.82, 2.24) is 78.3 Å². The van der Waals surface area contributed by atoms with E-state index in [1.165, 1.54) is 80.9 Å². The molecule has 1 fully saturated rings. The van der Waals surface area contributed by atoms with E-state index in [2.05, 4.69) is 68.5 Å². The Labute approximate surface area is 668 Å². The van der Waals surface area contributed by atoms with Crippen molar-refractivity contribution in [2.24, 2.45) is 11.7 Å². The van der Waals surface area contributed by atoms with Crippen molar-refractivity contribution in [2.75, 3.05) is 39.8 Å². The van der Waals surface area contributed by atoms with E-state index in [1.807, 2.05) is 56.3 Å². The average molecular weight is 1590 g/mol. The van der Waals surface area contributed by atoms with E-state index >= 15 is 14.4 Å². The molecule has 0 saturated carbocycles. The fourth-order valence-electron chi connectivity index (χ4n) is 13.1. The summed E-state index contributed by atoms with van der Waals surface area (Å²) in [6, 6.07) is 18.1. The maximum atomic E-state index is 15.4. The number of hydrogen-bond donors (Lipinski definition) is 14. The summed E-state index contributed by atoms with van der Waals surface area (Å²) in [7, 11) is 1.23. The van der Waals surface area contributed by atoms with Crippen LogP contribution in [0.1, 0.15) is 132 Å². The first-order valence-electron chi connectivity index (χ1n) is 38.4. The van der Waals surface area contributed by atoms with Gasteiger partial charge in [-0.2, -0.15) is 0 Å². The van der Waals surface area contributed by atoms with Crippen molar-refractivity contribution in [3.63, 3.8) is 0 Å². The van der Waals surface area contributed by atoms with Gasteiger partial charge in [0.2, 0.25) is 70.9 Å². The quantitative estimate of drug-likeness (QED) is 0.0244. The summed E-state index contributed by atoms with van der Waals surface area (Å²) in [5, 5.41) is 54.2. The highest BCUT2D eigenvalue weighted by molar-refractivity contribution is 6.30. The normalized spacial score (nSPS) is 14.9. The molecule has 0 radical (unpaired) electrons. The number of likely N-dealkylation sites (tertiary alicyclic amines) is 1. The Balaban J connectivity index is 1.16. The lowest BCUT2D eigenvalue weighted by Crippen LogP contribution is -2.62. The van der Waals surface area contributed by atoms with E-state index in [4.69, 9.17) is 17.3 Å². The number of hydrogen-bond acceptors (Lipinski definition) is 18. The summed E-state index contributed by atoms with van der Waals surface area (Å²) in [5.41, 5.74) is 7.75. The number of rotatable bonds is 44. The Kier molecular flexibility index (Phi) is 35.7. The number of aromatic hydroxyl groups is 1. The molecule has 6 aromatic rings. The number of phenols is 1. The number of amides is 13. The van der Waals surface area contributed by atoms with Gasteiger partial charge in [-0.15, -0.1) is 0 Å². The van der Waals surface area contributed by atoms with Crippen LogP contribution in [0.4, 0.5) is 0 Å². The van der Waals surface area contributed by atoms with E-state index in [-0.39, 0.29) is 107 Å². The molecule has 0 spiro atoms. The lowest BCUT2D eigenvalue weighted by atomic mass is 9.99. The third kappa shape index (κ3) is 28.9. The molecule has 10 unspecified atom stereocenters. The molecule has 1 aliphatic rings. The molecule has 2 aromatic heterocycles. The van der Waals surface area contributed by atoms with Crippen molar-refractivity contribution in [3.8, 4) is 5.75 Å². The number of aliphatic hydroxyl groups is 1. The van der Waals surface area contributed by atoms with Crippen molar-refractivity contribution in [1.29, 1.82) is 0 Å². The molecule has 31 nitrogen and oxygen atoms in total. The number of aliphatic hydroxyl groups excluding tert-OH is 1. The number of fused-ring (bicyclic) bond motifs is 1. The zero-order chi connectivity index (χ0) is 83.0. The number of nitrogens with two attached hydrogens (primary N) is 1. The van der Waals surface area contributed by atoms with Crippen LogP contribution in [0, 0.1) is 5.92 Å². The molecule has 32 heteroatoms. The van der Waals surface area contributed by atoms with Gasteiger partial charge in [0.1, 0.15) is 66.2 Å². The van der Waals surface area contributed by atoms with Gasteiger partial charge in [0.15, 0.2) is 0 Å². The first kappa shape index (κ1) is 89.8. The second kappa shape index (κ2) is 45.3. The Hall–Kier alpha value is -11.4. The zero-order valence-electron chi connectivity index (χ0n) is 65.4. The van der Waals surface area contributed by atoms with E-state index in [9.17, 15) is 58.2 Å². The van der Waals surface area contributed by atoms with Crippen molar-refractivity contribution in [3.05, 3.63) is 173 Å². The zero-order valence-corrected chi connectivity index (χ0v) is 66.1. The highest BCUT2D eigenvalue weighted by Crippen LogP contribution is 2.23. The van der Waals surface area contributed by atoms with E-state index < -0.39 is 144 Å². The number of nitrogens with zero attached hydrogens (tertiary/aromatic N) is 4. The summed E-state index contributed by atoms with van der Waals surface area (Å²) in [5.74, 6) is -10.2. The predicted molar refractivity (Wildman–Crippen MR) is 427 cm³/mol. The smallest absolute Gasteiger partial charge is 0.253 e. The predicted octanol–water partition coefficient (Wildman–Crippen LogP) is 2.40. The maximum absolute atomic E-state index is 15.4. The van der Waals surface area contributed by atoms with Crippen LogP contribution in [-0.2, 0) is 83.2 Å². The van der Waals surface area contributed by atoms with Crippen LogP contribution in [0.15, 0.2) is 140 Å². The number of unbranched alkanes of at least 4 members (excludes halogenated alkanes) is 2. The fraction of sp³-hybridized carbons (Fsp3) is 0.451. The van der Waals surface area contributed by atoms with Gasteiger partial charge < -0.3 is 84.2 Å². The monoisotopic (exact) mass is 1590 g/mol. The summed E-state index contributed by atoms with van der Waals surface area (Å²) in [4.78, 5) is 194. The molecular weight excluding hydrogens is 1480 g/mol. The van der Waals surface area contributed by atoms with E-state index in [1.54, 1.807) is 56.3 Å². The van der Waals surface area contributed by atoms with Gasteiger partial charge in [0.05, 0.1) is 18.7 Å². The number of primary amides is 1. The number of nitrogens with one attached hydrogen (secondary N) is 11. The number of likely N-dealkylation sites (N-methyl/N-ethyl adjacent to an activating group) is 1. The Morgan fingerprint density at radius 1 is 0.561 bits per heavy atom. The molecule has 0 aliphatic carbocycles. The van der Waals surface area contributed by atoms with Crippen LogP contribution in [0.2, 0.25) is 5.02 Å². The topological polar surface area (TPSA) is 453 Å². The standard InChI is InChI=1S/C82H107ClN16O15/c1-49(2)39-64(75(107)93-63(22-11-12-36-87-50(3)4)82(114)99-38-16-23-69(99)79(111)90-51(5)72(84)104)94-74(106)62(21-10-13-37-88-71(103)47-89-73(105)59-20-15-35-86-46-59)92-80(112)70(44-54-27-32-61(102)33-28-54)98(7)81(113)68(48-100)97-78(110)67(43-56-17-14-34-85-45-56)96-77(109)66(41-53-25-30-60(83)31-26-53)95-76(108)65(91-52(6)101)42-55-24-29-57-18-8-9-19-58(57)40-55/h8-9,14-15,17-20,24-35,40,45-46,49-51,62-70,87,100,102H,10-13,16,21-23,36-39,41-44,47-48H2,1-7H3,(H2,84,104)(H,88,103)(H,89,105)(H,90,111)(H,91,101)(H,92,112)(H,93,107)(H,94,106)(H,95,108)(H,96,109)(H,97,110). The van der Waals surface area contributed by atoms with Crippen molar-refractivity contribution in [2.45, 2.75) is 191 Å². The molecule has 7 rings (SSSR count). The van der Waals surface area contributed by atoms with Gasteiger partial charge in [0.25, 0.3) is 5.91 Å². The molecule has 0 bridgehead atoms. The van der Waals surface area contributed by atoms with Crippen LogP contribution in [-0.4, -0.2) is 213 Å². The Morgan fingerprint density at radius 3 is 1.72 bits per heavy atom. The highest BCUT2D eigenvalue weighted by Gasteiger charge is 2.41. The average Bonchev–Trinajstić information content (AvgIpc) is 1.39. The van der Waals surface area contributed by atoms with Gasteiger partial charge in [-0.05, 0) is 153 Å². The number of carbonyl (C=O) groups excluding carboxylic acids is 13. The van der Waals surface area contributed by atoms with Crippen LogP contribution < -0.4 is 64.2 Å². The van der Waals surface area contributed by atoms with Crippen LogP contribution in [0.5, 0.6) is 5.75 Å². The third-order valence-corrected chi connectivity index (χ3v) is 19.5. The minimum atomic E-state index is -1.84. The number of phenolic OH excluding ortho intramolecular Hbond substituents is 1. The number of halogens is 1. The van der Waals surface area contributed by atoms with Crippen LogP contribution >= 0.6 is 11.6 Å². The molecule has 1 saturated heterocycles. The summed E-state index contributed by atoms with van der Waals surface area (Å²) in [6.07, 6.45) is 7.13. The van der Waals surface area contributed by atoms with Gasteiger partial charge in [0, 0.05) is 88.6 Å². The maximum Gasteiger partial charge on any atom is 0.253 e. The minimum absolute atomic E-state index is 0.0105. The van der Waals surface area contributed by atoms with Gasteiger partial charge in [-0.3, -0.25) is 72.3 Å². The minimum Gasteiger partial charge on any atom is -0.508 e. The van der Waals surface area contributed by atoms with Crippen LogP contribution in [0.25, 0.3) is 10.8 Å².